The van der Waals surface area contributed by atoms with E-state index in [1.54, 1.807) is 22.8 Å². The van der Waals surface area contributed by atoms with Crippen LogP contribution >= 0.6 is 43.5 Å². The van der Waals surface area contributed by atoms with Crippen molar-refractivity contribution in [3.8, 4) is 5.75 Å². The highest BCUT2D eigenvalue weighted by Crippen LogP contribution is 2.39. The van der Waals surface area contributed by atoms with Gasteiger partial charge in [0.1, 0.15) is 5.75 Å². The number of fused-ring (bicyclic) bond motifs is 1. The topological polar surface area (TPSA) is 31.2 Å². The number of carbonyl (C=O) groups is 1. The van der Waals surface area contributed by atoms with Crippen LogP contribution in [0.1, 0.15) is 16.1 Å². The number of rotatable bonds is 3. The summed E-state index contributed by atoms with van der Waals surface area (Å²) in [5, 5.41) is 1.34. The first-order valence-corrected chi connectivity index (χ1v) is 9.13. The molecule has 1 radical (unpaired) electrons. The number of benzene rings is 2. The molecule has 3 aromatic rings. The van der Waals surface area contributed by atoms with E-state index in [9.17, 15) is 4.79 Å². The Bertz CT molecular complexity index is 950. The number of ether oxygens (including phenoxy) is 1. The molecule has 2 aromatic carbocycles. The predicted molar refractivity (Wildman–Crippen MR) is 104 cm³/mol. The van der Waals surface area contributed by atoms with Gasteiger partial charge in [-0.2, -0.15) is 0 Å². The van der Waals surface area contributed by atoms with Crippen LogP contribution < -0.4 is 4.74 Å². The molecule has 1 aromatic heterocycles. The van der Waals surface area contributed by atoms with Gasteiger partial charge in [0, 0.05) is 19.4 Å². The highest BCUT2D eigenvalue weighted by atomic mass is 79.9. The molecule has 123 valence electrons. The van der Waals surface area contributed by atoms with E-state index < -0.39 is 0 Å². The second-order valence-electron chi connectivity index (χ2n) is 5.17. The minimum atomic E-state index is -0.146. The summed E-state index contributed by atoms with van der Waals surface area (Å²) in [5.41, 5.74) is 2.00. The van der Waals surface area contributed by atoms with E-state index in [1.165, 1.54) is 0 Å². The molecule has 0 aliphatic carbocycles. The fourth-order valence-corrected chi connectivity index (χ4v) is 4.17. The quantitative estimate of drug-likeness (QED) is 0.468. The highest BCUT2D eigenvalue weighted by molar-refractivity contribution is 9.11. The van der Waals surface area contributed by atoms with Crippen molar-refractivity contribution in [2.24, 2.45) is 0 Å². The van der Waals surface area contributed by atoms with Crippen LogP contribution in [-0.2, 0) is 0 Å². The van der Waals surface area contributed by atoms with Gasteiger partial charge in [0.15, 0.2) is 0 Å². The number of hydrogen-bond acceptors (Lipinski definition) is 2. The van der Waals surface area contributed by atoms with Gasteiger partial charge in [-0.3, -0.25) is 9.36 Å². The van der Waals surface area contributed by atoms with E-state index >= 15 is 0 Å². The first-order chi connectivity index (χ1) is 11.5. The number of carbonyl (C=O) groups excluding carboxylic acids is 1. The Morgan fingerprint density at radius 2 is 1.96 bits per heavy atom. The normalized spacial score (nSPS) is 11.0. The van der Waals surface area contributed by atoms with E-state index in [0.29, 0.717) is 22.0 Å². The molecular weight excluding hydrogens is 457 g/mol. The smallest absolute Gasteiger partial charge is 0.263 e. The molecule has 0 unspecified atom stereocenters. The number of halogens is 3. The Balaban J connectivity index is 2.34. The van der Waals surface area contributed by atoms with E-state index in [0.717, 1.165) is 19.8 Å². The van der Waals surface area contributed by atoms with E-state index in [4.69, 9.17) is 16.3 Å². The van der Waals surface area contributed by atoms with Crippen LogP contribution in [0.3, 0.4) is 0 Å². The minimum absolute atomic E-state index is 0.146. The Morgan fingerprint density at radius 1 is 1.25 bits per heavy atom. The van der Waals surface area contributed by atoms with Crippen molar-refractivity contribution in [1.82, 2.24) is 4.57 Å². The first kappa shape index (κ1) is 17.5. The van der Waals surface area contributed by atoms with E-state index in [1.807, 2.05) is 25.1 Å². The average Bonchev–Trinajstić information content (AvgIpc) is 2.81. The zero-order valence-electron chi connectivity index (χ0n) is 12.8. The molecule has 0 aliphatic rings. The fourth-order valence-electron chi connectivity index (χ4n) is 2.72. The minimum Gasteiger partial charge on any atom is -0.491 e. The maximum Gasteiger partial charge on any atom is 0.263 e. The first-order valence-electron chi connectivity index (χ1n) is 7.17. The number of nitrogens with zero attached hydrogens (tertiary/aromatic N) is 1. The third-order valence-corrected chi connectivity index (χ3v) is 5.23. The van der Waals surface area contributed by atoms with Crippen LogP contribution in [-0.4, -0.2) is 17.1 Å². The summed E-state index contributed by atoms with van der Waals surface area (Å²) in [6, 6.07) is 10.9. The lowest BCUT2D eigenvalue weighted by molar-refractivity contribution is 0.0961. The molecule has 3 rings (SSSR count). The standard InChI is InChI=1S/C18H13Br2ClNO2/c1-3-24-17-10(2)22(16-13(17)8-11(21)9-15(16)20)18(23)12-6-4-5-7-14(12)19/h4-9H,1,3H2,2H3. The Labute approximate surface area is 161 Å². The molecule has 0 spiro atoms. The van der Waals surface area contributed by atoms with Crippen molar-refractivity contribution < 1.29 is 9.53 Å². The number of aromatic nitrogens is 1. The third-order valence-electron chi connectivity index (χ3n) is 3.71. The Hall–Kier alpha value is -1.30. The van der Waals surface area contributed by atoms with Gasteiger partial charge in [0.25, 0.3) is 5.91 Å². The molecule has 1 heterocycles. The lowest BCUT2D eigenvalue weighted by Gasteiger charge is -2.09. The van der Waals surface area contributed by atoms with Crippen molar-refractivity contribution in [3.63, 3.8) is 0 Å². The largest absolute Gasteiger partial charge is 0.491 e. The van der Waals surface area contributed by atoms with Gasteiger partial charge in [-0.05, 0) is 70.0 Å². The lowest BCUT2D eigenvalue weighted by atomic mass is 10.2. The monoisotopic (exact) mass is 468 g/mol. The van der Waals surface area contributed by atoms with Crippen molar-refractivity contribution in [2.75, 3.05) is 6.61 Å². The van der Waals surface area contributed by atoms with Gasteiger partial charge in [0.05, 0.1) is 23.4 Å². The Kier molecular flexibility index (Phi) is 5.04. The summed E-state index contributed by atoms with van der Waals surface area (Å²) in [6.07, 6.45) is 0. The molecular formula is C18H13Br2ClNO2. The van der Waals surface area contributed by atoms with Crippen LogP contribution in [0.25, 0.3) is 10.9 Å². The maximum absolute atomic E-state index is 13.2. The van der Waals surface area contributed by atoms with Crippen LogP contribution in [0.15, 0.2) is 45.3 Å². The fraction of sp³-hybridized carbons (Fsp3) is 0.111. The van der Waals surface area contributed by atoms with Gasteiger partial charge < -0.3 is 4.74 Å². The molecule has 0 fully saturated rings. The molecule has 3 nitrogen and oxygen atoms in total. The molecule has 24 heavy (non-hydrogen) atoms. The van der Waals surface area contributed by atoms with E-state index in [-0.39, 0.29) is 12.5 Å². The van der Waals surface area contributed by atoms with E-state index in [2.05, 4.69) is 38.8 Å². The maximum atomic E-state index is 13.2. The van der Waals surface area contributed by atoms with Gasteiger partial charge in [-0.15, -0.1) is 0 Å². The average molecular weight is 471 g/mol. The third kappa shape index (κ3) is 2.89. The zero-order valence-corrected chi connectivity index (χ0v) is 16.7. The van der Waals surface area contributed by atoms with Crippen LogP contribution in [0.4, 0.5) is 0 Å². The molecule has 0 aliphatic heterocycles. The molecule has 0 amide bonds. The van der Waals surface area contributed by atoms with Crippen LogP contribution in [0, 0.1) is 13.8 Å². The summed E-state index contributed by atoms with van der Waals surface area (Å²) >= 11 is 13.1. The molecule has 0 saturated carbocycles. The Morgan fingerprint density at radius 3 is 2.62 bits per heavy atom. The molecule has 0 saturated heterocycles. The summed E-state index contributed by atoms with van der Waals surface area (Å²) in [6.45, 7) is 5.84. The SMILES string of the molecule is [CH2]COc1c(C)n(C(=O)c2ccccc2Br)c2c(Br)cc(Cl)cc12. The molecule has 6 heteroatoms. The summed E-state index contributed by atoms with van der Waals surface area (Å²) < 4.78 is 8.79. The molecule has 0 N–H and O–H groups in total. The summed E-state index contributed by atoms with van der Waals surface area (Å²) in [7, 11) is 0. The zero-order chi connectivity index (χ0) is 17.4. The summed E-state index contributed by atoms with van der Waals surface area (Å²) in [5.74, 6) is 0.468. The second-order valence-corrected chi connectivity index (χ2v) is 7.31. The highest BCUT2D eigenvalue weighted by Gasteiger charge is 2.24. The summed E-state index contributed by atoms with van der Waals surface area (Å²) in [4.78, 5) is 13.2. The van der Waals surface area contributed by atoms with Gasteiger partial charge in [-0.1, -0.05) is 23.7 Å². The van der Waals surface area contributed by atoms with Crippen molar-refractivity contribution in [2.45, 2.75) is 6.92 Å². The van der Waals surface area contributed by atoms with Gasteiger partial charge >= 0.3 is 0 Å². The predicted octanol–water partition coefficient (Wildman–Crippen LogP) is 6.03. The van der Waals surface area contributed by atoms with Crippen molar-refractivity contribution in [3.05, 3.63) is 68.5 Å². The number of hydrogen-bond donors (Lipinski definition) is 0. The van der Waals surface area contributed by atoms with Gasteiger partial charge in [0.2, 0.25) is 0 Å². The van der Waals surface area contributed by atoms with Crippen molar-refractivity contribution in [1.29, 1.82) is 0 Å². The van der Waals surface area contributed by atoms with Crippen molar-refractivity contribution >= 4 is 60.3 Å². The van der Waals surface area contributed by atoms with Gasteiger partial charge in [-0.25, -0.2) is 0 Å². The molecule has 0 bridgehead atoms. The lowest BCUT2D eigenvalue weighted by Crippen LogP contribution is -2.14. The van der Waals surface area contributed by atoms with Crippen LogP contribution in [0.2, 0.25) is 5.02 Å². The second kappa shape index (κ2) is 6.90. The molecule has 0 atom stereocenters. The van der Waals surface area contributed by atoms with Crippen LogP contribution in [0.5, 0.6) is 5.75 Å².